The van der Waals surface area contributed by atoms with Gasteiger partial charge in [0.1, 0.15) is 5.69 Å². The molecule has 2 N–H and O–H groups in total. The fourth-order valence-electron chi connectivity index (χ4n) is 1.63. The van der Waals surface area contributed by atoms with Crippen molar-refractivity contribution < 1.29 is 0 Å². The highest BCUT2D eigenvalue weighted by atomic mass is 35.5. The van der Waals surface area contributed by atoms with Crippen molar-refractivity contribution in [2.45, 2.75) is 20.0 Å². The van der Waals surface area contributed by atoms with Gasteiger partial charge in [-0.25, -0.2) is 4.68 Å². The van der Waals surface area contributed by atoms with E-state index < -0.39 is 0 Å². The van der Waals surface area contributed by atoms with E-state index in [1.54, 1.807) is 0 Å². The van der Waals surface area contributed by atoms with E-state index in [0.29, 0.717) is 11.6 Å². The summed E-state index contributed by atoms with van der Waals surface area (Å²) in [6.07, 6.45) is 0. The molecule has 0 unspecified atom stereocenters. The summed E-state index contributed by atoms with van der Waals surface area (Å²) in [6, 6.07) is 7.60. The molecule has 2 aromatic rings. The molecule has 16 heavy (non-hydrogen) atoms. The van der Waals surface area contributed by atoms with Crippen LogP contribution in [-0.4, -0.2) is 15.0 Å². The average molecular weight is 237 g/mol. The van der Waals surface area contributed by atoms with Crippen molar-refractivity contribution in [2.75, 3.05) is 0 Å². The van der Waals surface area contributed by atoms with E-state index in [1.807, 2.05) is 35.9 Å². The third-order valence-corrected chi connectivity index (χ3v) is 2.67. The Morgan fingerprint density at radius 3 is 2.56 bits per heavy atom. The standard InChI is InChI=1S/C11H13ClN4/c1-2-16-11(10(7-13)14-15-16)8-3-5-9(12)6-4-8/h3-6H,2,7,13H2,1H3. The molecule has 1 heterocycles. The lowest BCUT2D eigenvalue weighted by atomic mass is 10.1. The van der Waals surface area contributed by atoms with Gasteiger partial charge in [0.05, 0.1) is 5.69 Å². The lowest BCUT2D eigenvalue weighted by molar-refractivity contribution is 0.632. The molecule has 0 aliphatic heterocycles. The molecule has 0 bridgehead atoms. The van der Waals surface area contributed by atoms with E-state index in [9.17, 15) is 0 Å². The number of hydrogen-bond donors (Lipinski definition) is 1. The van der Waals surface area contributed by atoms with Crippen LogP contribution >= 0.6 is 11.6 Å². The Hall–Kier alpha value is -1.39. The summed E-state index contributed by atoms with van der Waals surface area (Å²) < 4.78 is 1.84. The summed E-state index contributed by atoms with van der Waals surface area (Å²) in [5.41, 5.74) is 8.47. The Labute approximate surface area is 99.0 Å². The zero-order chi connectivity index (χ0) is 11.5. The van der Waals surface area contributed by atoms with Gasteiger partial charge in [0, 0.05) is 23.7 Å². The Kier molecular flexibility index (Phi) is 3.22. The lowest BCUT2D eigenvalue weighted by Gasteiger charge is -2.05. The van der Waals surface area contributed by atoms with Crippen LogP contribution in [0.3, 0.4) is 0 Å². The summed E-state index contributed by atoms with van der Waals surface area (Å²) in [5, 5.41) is 8.83. The second-order valence-electron chi connectivity index (χ2n) is 3.41. The molecular formula is C11H13ClN4. The summed E-state index contributed by atoms with van der Waals surface area (Å²) in [6.45, 7) is 3.18. The average Bonchev–Trinajstić information content (AvgIpc) is 2.73. The maximum atomic E-state index is 5.86. The van der Waals surface area contributed by atoms with Crippen LogP contribution in [-0.2, 0) is 13.1 Å². The minimum Gasteiger partial charge on any atom is -0.325 e. The highest BCUT2D eigenvalue weighted by molar-refractivity contribution is 6.30. The summed E-state index contributed by atoms with van der Waals surface area (Å²) in [4.78, 5) is 0. The Morgan fingerprint density at radius 2 is 2.00 bits per heavy atom. The second kappa shape index (κ2) is 4.63. The van der Waals surface area contributed by atoms with Crippen molar-refractivity contribution in [3.8, 4) is 11.3 Å². The van der Waals surface area contributed by atoms with Crippen molar-refractivity contribution >= 4 is 11.6 Å². The molecule has 1 aromatic heterocycles. The first-order valence-electron chi connectivity index (χ1n) is 5.14. The zero-order valence-electron chi connectivity index (χ0n) is 9.02. The smallest absolute Gasteiger partial charge is 0.104 e. The van der Waals surface area contributed by atoms with Crippen LogP contribution in [0.5, 0.6) is 0 Å². The molecular weight excluding hydrogens is 224 g/mol. The van der Waals surface area contributed by atoms with Crippen LogP contribution in [0, 0.1) is 0 Å². The third kappa shape index (κ3) is 1.94. The first-order chi connectivity index (χ1) is 7.76. The number of hydrogen-bond acceptors (Lipinski definition) is 3. The number of aromatic nitrogens is 3. The number of rotatable bonds is 3. The van der Waals surface area contributed by atoms with Gasteiger partial charge in [0.25, 0.3) is 0 Å². The van der Waals surface area contributed by atoms with Crippen LogP contribution in [0.25, 0.3) is 11.3 Å². The van der Waals surface area contributed by atoms with E-state index in [-0.39, 0.29) is 0 Å². The van der Waals surface area contributed by atoms with Gasteiger partial charge in [0.2, 0.25) is 0 Å². The summed E-state index contributed by atoms with van der Waals surface area (Å²) in [5.74, 6) is 0. The van der Waals surface area contributed by atoms with E-state index in [2.05, 4.69) is 10.3 Å². The minimum atomic E-state index is 0.387. The molecule has 5 heteroatoms. The maximum Gasteiger partial charge on any atom is 0.104 e. The van der Waals surface area contributed by atoms with Crippen molar-refractivity contribution in [3.05, 3.63) is 35.0 Å². The maximum absolute atomic E-state index is 5.86. The molecule has 84 valence electrons. The fraction of sp³-hybridized carbons (Fsp3) is 0.273. The molecule has 0 radical (unpaired) electrons. The Bertz CT molecular complexity index is 454. The molecule has 4 nitrogen and oxygen atoms in total. The van der Waals surface area contributed by atoms with E-state index in [1.165, 1.54) is 0 Å². The lowest BCUT2D eigenvalue weighted by Crippen LogP contribution is -2.02. The van der Waals surface area contributed by atoms with Crippen LogP contribution in [0.1, 0.15) is 12.6 Å². The van der Waals surface area contributed by atoms with Crippen LogP contribution in [0.4, 0.5) is 0 Å². The largest absolute Gasteiger partial charge is 0.325 e. The number of benzene rings is 1. The number of nitrogens with zero attached hydrogens (tertiary/aromatic N) is 3. The van der Waals surface area contributed by atoms with Crippen molar-refractivity contribution in [1.29, 1.82) is 0 Å². The molecule has 0 saturated carbocycles. The summed E-state index contributed by atoms with van der Waals surface area (Å²) in [7, 11) is 0. The number of halogens is 1. The first kappa shape index (κ1) is 11.1. The Balaban J connectivity index is 2.52. The molecule has 0 fully saturated rings. The Morgan fingerprint density at radius 1 is 1.31 bits per heavy atom. The highest BCUT2D eigenvalue weighted by Gasteiger charge is 2.12. The predicted octanol–water partition coefficient (Wildman–Crippen LogP) is 2.08. The minimum absolute atomic E-state index is 0.387. The van der Waals surface area contributed by atoms with Gasteiger partial charge < -0.3 is 5.73 Å². The van der Waals surface area contributed by atoms with Crippen molar-refractivity contribution in [3.63, 3.8) is 0 Å². The topological polar surface area (TPSA) is 56.7 Å². The van der Waals surface area contributed by atoms with Gasteiger partial charge in [-0.05, 0) is 19.1 Å². The molecule has 2 rings (SSSR count). The monoisotopic (exact) mass is 236 g/mol. The van der Waals surface area contributed by atoms with Crippen molar-refractivity contribution in [1.82, 2.24) is 15.0 Å². The molecule has 0 amide bonds. The van der Waals surface area contributed by atoms with Gasteiger partial charge >= 0.3 is 0 Å². The van der Waals surface area contributed by atoms with E-state index >= 15 is 0 Å². The van der Waals surface area contributed by atoms with Crippen LogP contribution in [0.2, 0.25) is 5.02 Å². The normalized spacial score (nSPS) is 10.7. The first-order valence-corrected chi connectivity index (χ1v) is 5.52. The predicted molar refractivity (Wildman–Crippen MR) is 64.0 cm³/mol. The van der Waals surface area contributed by atoms with Gasteiger partial charge in [-0.1, -0.05) is 28.9 Å². The van der Waals surface area contributed by atoms with Gasteiger partial charge in [-0.2, -0.15) is 0 Å². The van der Waals surface area contributed by atoms with Gasteiger partial charge in [-0.3, -0.25) is 0 Å². The molecule has 0 atom stereocenters. The molecule has 0 aliphatic rings. The zero-order valence-corrected chi connectivity index (χ0v) is 9.78. The summed E-state index contributed by atoms with van der Waals surface area (Å²) >= 11 is 5.86. The van der Waals surface area contributed by atoms with E-state index in [0.717, 1.165) is 23.5 Å². The van der Waals surface area contributed by atoms with Gasteiger partial charge in [-0.15, -0.1) is 5.10 Å². The SMILES string of the molecule is CCn1nnc(CN)c1-c1ccc(Cl)cc1. The molecule has 0 spiro atoms. The molecule has 0 saturated heterocycles. The van der Waals surface area contributed by atoms with E-state index in [4.69, 9.17) is 17.3 Å². The van der Waals surface area contributed by atoms with Crippen LogP contribution < -0.4 is 5.73 Å². The van der Waals surface area contributed by atoms with Crippen molar-refractivity contribution in [2.24, 2.45) is 5.73 Å². The number of aryl methyl sites for hydroxylation is 1. The quantitative estimate of drug-likeness (QED) is 0.888. The number of nitrogens with two attached hydrogens (primary N) is 1. The molecule has 1 aromatic carbocycles. The fourth-order valence-corrected chi connectivity index (χ4v) is 1.76. The highest BCUT2D eigenvalue weighted by Crippen LogP contribution is 2.23. The van der Waals surface area contributed by atoms with Gasteiger partial charge in [0.15, 0.2) is 0 Å². The second-order valence-corrected chi connectivity index (χ2v) is 3.85. The van der Waals surface area contributed by atoms with Crippen LogP contribution in [0.15, 0.2) is 24.3 Å². The molecule has 0 aliphatic carbocycles. The third-order valence-electron chi connectivity index (χ3n) is 2.42.